The summed E-state index contributed by atoms with van der Waals surface area (Å²) in [7, 11) is 0. The molecule has 0 aromatic carbocycles. The highest BCUT2D eigenvalue weighted by Gasteiger charge is 2.59. The van der Waals surface area contributed by atoms with Crippen LogP contribution in [0.5, 0.6) is 0 Å². The first-order chi connectivity index (χ1) is 5.52. The molecule has 4 heteroatoms. The molecule has 0 spiro atoms. The van der Waals surface area contributed by atoms with Gasteiger partial charge in [0.2, 0.25) is 0 Å². The Labute approximate surface area is 81.5 Å². The highest BCUT2D eigenvalue weighted by molar-refractivity contribution is 6.55. The van der Waals surface area contributed by atoms with Gasteiger partial charge in [0.05, 0.1) is 0 Å². The zero-order chi connectivity index (χ0) is 9.35. The lowest BCUT2D eigenvalue weighted by Crippen LogP contribution is -2.01. The van der Waals surface area contributed by atoms with Crippen LogP contribution in [0.25, 0.3) is 0 Å². The van der Waals surface area contributed by atoms with Crippen LogP contribution in [0.1, 0.15) is 13.8 Å². The minimum absolute atomic E-state index is 0.0810. The Morgan fingerprint density at radius 1 is 1.58 bits per heavy atom. The first kappa shape index (κ1) is 9.87. The van der Waals surface area contributed by atoms with Crippen molar-refractivity contribution in [2.75, 3.05) is 0 Å². The second-order valence-electron chi connectivity index (χ2n) is 3.24. The van der Waals surface area contributed by atoms with Crippen LogP contribution in [0.2, 0.25) is 0 Å². The van der Waals surface area contributed by atoms with Gasteiger partial charge in [-0.05, 0) is 6.08 Å². The van der Waals surface area contributed by atoms with Gasteiger partial charge in [0.25, 0.3) is 6.47 Å². The average Bonchev–Trinajstić information content (AvgIpc) is 2.40. The third-order valence-corrected chi connectivity index (χ3v) is 2.78. The molecule has 0 heterocycles. The van der Waals surface area contributed by atoms with Crippen LogP contribution >= 0.6 is 23.2 Å². The van der Waals surface area contributed by atoms with Gasteiger partial charge in [0.1, 0.15) is 10.6 Å². The Morgan fingerprint density at radius 2 is 2.17 bits per heavy atom. The molecule has 0 N–H and O–H groups in total. The van der Waals surface area contributed by atoms with Gasteiger partial charge in [-0.2, -0.15) is 0 Å². The topological polar surface area (TPSA) is 26.3 Å². The SMILES string of the molecule is CC1C(OC=O)C1(C)C=C(Cl)Cl. The van der Waals surface area contributed by atoms with Gasteiger partial charge < -0.3 is 4.74 Å². The molecule has 0 aromatic heterocycles. The molecule has 0 aromatic rings. The van der Waals surface area contributed by atoms with Crippen molar-refractivity contribution in [3.05, 3.63) is 10.6 Å². The lowest BCUT2D eigenvalue weighted by atomic mass is 10.1. The first-order valence-electron chi connectivity index (χ1n) is 3.65. The lowest BCUT2D eigenvalue weighted by molar-refractivity contribution is -0.130. The second-order valence-corrected chi connectivity index (χ2v) is 4.25. The van der Waals surface area contributed by atoms with Crippen LogP contribution in [-0.4, -0.2) is 12.6 Å². The first-order valence-corrected chi connectivity index (χ1v) is 4.41. The average molecular weight is 209 g/mol. The minimum atomic E-state index is -0.181. The van der Waals surface area contributed by atoms with Gasteiger partial charge in [-0.1, -0.05) is 37.0 Å². The summed E-state index contributed by atoms with van der Waals surface area (Å²) in [5.41, 5.74) is -0.181. The van der Waals surface area contributed by atoms with Gasteiger partial charge in [0.15, 0.2) is 0 Å². The number of carbonyl (C=O) groups is 1. The zero-order valence-corrected chi connectivity index (χ0v) is 8.39. The maximum atomic E-state index is 10.1. The molecule has 12 heavy (non-hydrogen) atoms. The van der Waals surface area contributed by atoms with Gasteiger partial charge in [-0.3, -0.25) is 4.79 Å². The number of hydrogen-bond donors (Lipinski definition) is 0. The monoisotopic (exact) mass is 208 g/mol. The summed E-state index contributed by atoms with van der Waals surface area (Å²) in [6, 6.07) is 0. The Bertz CT molecular complexity index is 223. The third kappa shape index (κ3) is 1.59. The van der Waals surface area contributed by atoms with Crippen LogP contribution in [-0.2, 0) is 9.53 Å². The van der Waals surface area contributed by atoms with Crippen LogP contribution < -0.4 is 0 Å². The van der Waals surface area contributed by atoms with Crippen molar-refractivity contribution in [2.24, 2.45) is 11.3 Å². The van der Waals surface area contributed by atoms with E-state index < -0.39 is 0 Å². The Hall–Kier alpha value is -0.210. The highest BCUT2D eigenvalue weighted by Crippen LogP contribution is 2.56. The largest absolute Gasteiger partial charge is 0.463 e. The zero-order valence-electron chi connectivity index (χ0n) is 6.88. The van der Waals surface area contributed by atoms with E-state index >= 15 is 0 Å². The van der Waals surface area contributed by atoms with Crippen molar-refractivity contribution in [3.8, 4) is 0 Å². The number of halogens is 2. The number of hydrogen-bond acceptors (Lipinski definition) is 2. The molecule has 2 nitrogen and oxygen atoms in total. The lowest BCUT2D eigenvalue weighted by Gasteiger charge is -2.02. The van der Waals surface area contributed by atoms with Gasteiger partial charge in [0, 0.05) is 11.3 Å². The molecule has 0 bridgehead atoms. The minimum Gasteiger partial charge on any atom is -0.463 e. The molecular formula is C8H10Cl2O2. The Balaban J connectivity index is 2.65. The van der Waals surface area contributed by atoms with Crippen LogP contribution in [0, 0.1) is 11.3 Å². The molecule has 1 saturated carbocycles. The van der Waals surface area contributed by atoms with Crippen LogP contribution in [0.3, 0.4) is 0 Å². The van der Waals surface area contributed by atoms with Crippen LogP contribution in [0.4, 0.5) is 0 Å². The smallest absolute Gasteiger partial charge is 0.293 e. The van der Waals surface area contributed by atoms with Crippen molar-refractivity contribution in [1.29, 1.82) is 0 Å². The van der Waals surface area contributed by atoms with Crippen molar-refractivity contribution < 1.29 is 9.53 Å². The molecule has 0 radical (unpaired) electrons. The van der Waals surface area contributed by atoms with Crippen molar-refractivity contribution in [1.82, 2.24) is 0 Å². The summed E-state index contributed by atoms with van der Waals surface area (Å²) < 4.78 is 5.06. The predicted octanol–water partition coefficient (Wildman–Crippen LogP) is 2.50. The van der Waals surface area contributed by atoms with Crippen molar-refractivity contribution >= 4 is 29.7 Å². The van der Waals surface area contributed by atoms with E-state index in [9.17, 15) is 4.79 Å². The molecule has 0 saturated heterocycles. The summed E-state index contributed by atoms with van der Waals surface area (Å²) in [6.07, 6.45) is 1.64. The van der Waals surface area contributed by atoms with Gasteiger partial charge >= 0.3 is 0 Å². The molecule has 1 rings (SSSR count). The third-order valence-electron chi connectivity index (χ3n) is 2.56. The summed E-state index contributed by atoms with van der Waals surface area (Å²) in [4.78, 5) is 10.1. The van der Waals surface area contributed by atoms with E-state index in [0.717, 1.165) is 0 Å². The molecule has 68 valence electrons. The number of ether oxygens (including phenoxy) is 1. The van der Waals surface area contributed by atoms with E-state index in [0.29, 0.717) is 6.47 Å². The molecule has 3 atom stereocenters. The van der Waals surface area contributed by atoms with E-state index in [-0.39, 0.29) is 21.9 Å². The molecule has 1 aliphatic carbocycles. The Morgan fingerprint density at radius 3 is 2.58 bits per heavy atom. The summed E-state index contributed by atoms with van der Waals surface area (Å²) >= 11 is 11.0. The van der Waals surface area contributed by atoms with E-state index in [1.165, 1.54) is 0 Å². The molecule has 3 unspecified atom stereocenters. The predicted molar refractivity (Wildman–Crippen MR) is 48.0 cm³/mol. The molecule has 0 amide bonds. The standard InChI is InChI=1S/C8H10Cl2O2/c1-5-7(12-4-11)8(5,2)3-6(9)10/h3-5,7H,1-2H3. The normalized spacial score (nSPS) is 38.7. The second kappa shape index (κ2) is 3.27. The van der Waals surface area contributed by atoms with E-state index in [4.69, 9.17) is 27.9 Å². The van der Waals surface area contributed by atoms with Crippen LogP contribution in [0.15, 0.2) is 10.6 Å². The molecular weight excluding hydrogens is 199 g/mol. The highest BCUT2D eigenvalue weighted by atomic mass is 35.5. The summed E-state index contributed by atoms with van der Waals surface area (Å²) in [5.74, 6) is 0.287. The fraction of sp³-hybridized carbons (Fsp3) is 0.625. The van der Waals surface area contributed by atoms with Crippen molar-refractivity contribution in [3.63, 3.8) is 0 Å². The summed E-state index contributed by atoms with van der Waals surface area (Å²) in [6.45, 7) is 4.40. The van der Waals surface area contributed by atoms with E-state index in [1.807, 2.05) is 13.8 Å². The number of rotatable bonds is 3. The van der Waals surface area contributed by atoms with Gasteiger partial charge in [-0.25, -0.2) is 0 Å². The fourth-order valence-corrected chi connectivity index (χ4v) is 1.95. The summed E-state index contributed by atoms with van der Waals surface area (Å²) in [5, 5.41) is 0. The Kier molecular flexibility index (Phi) is 2.69. The van der Waals surface area contributed by atoms with E-state index in [1.54, 1.807) is 6.08 Å². The van der Waals surface area contributed by atoms with E-state index in [2.05, 4.69) is 0 Å². The maximum absolute atomic E-state index is 10.1. The number of carbonyl (C=O) groups excluding carboxylic acids is 1. The molecule has 1 fully saturated rings. The molecule has 0 aliphatic heterocycles. The maximum Gasteiger partial charge on any atom is 0.293 e. The van der Waals surface area contributed by atoms with Crippen molar-refractivity contribution in [2.45, 2.75) is 20.0 Å². The quantitative estimate of drug-likeness (QED) is 0.667. The fourth-order valence-electron chi connectivity index (χ4n) is 1.48. The molecule has 1 aliphatic rings. The van der Waals surface area contributed by atoms with Gasteiger partial charge in [-0.15, -0.1) is 0 Å².